The van der Waals surface area contributed by atoms with Gasteiger partial charge in [0, 0.05) is 10.6 Å². The molecule has 3 rings (SSSR count). The van der Waals surface area contributed by atoms with Gasteiger partial charge in [-0.05, 0) is 72.9 Å². The van der Waals surface area contributed by atoms with Crippen LogP contribution in [-0.2, 0) is 13.0 Å². The maximum absolute atomic E-state index is 14.0. The van der Waals surface area contributed by atoms with Gasteiger partial charge in [0.15, 0.2) is 0 Å². The highest BCUT2D eigenvalue weighted by Crippen LogP contribution is 2.34. The second kappa shape index (κ2) is 11.4. The molecule has 0 aliphatic carbocycles. The van der Waals surface area contributed by atoms with Gasteiger partial charge < -0.3 is 14.6 Å². The van der Waals surface area contributed by atoms with Crippen LogP contribution in [0.3, 0.4) is 0 Å². The summed E-state index contributed by atoms with van der Waals surface area (Å²) in [4.78, 5) is 19.1. The van der Waals surface area contributed by atoms with E-state index in [4.69, 9.17) is 4.74 Å². The Kier molecular flexibility index (Phi) is 8.56. The van der Waals surface area contributed by atoms with E-state index in [9.17, 15) is 9.18 Å². The van der Waals surface area contributed by atoms with Gasteiger partial charge >= 0.3 is 5.56 Å². The molecule has 0 spiro atoms. The number of thioether (sulfide) groups is 1. The molecule has 0 radical (unpaired) electrons. The van der Waals surface area contributed by atoms with Crippen molar-refractivity contribution in [2.75, 3.05) is 12.4 Å². The topological polar surface area (TPSA) is 56.1 Å². The van der Waals surface area contributed by atoms with E-state index in [2.05, 4.69) is 49.3 Å². The minimum absolute atomic E-state index is 0.153. The number of nitrogens with one attached hydrogen (secondary N) is 1. The number of nitrogens with zero attached hydrogens (tertiary/aromatic N) is 2. The molecule has 0 unspecified atom stereocenters. The highest BCUT2D eigenvalue weighted by Gasteiger charge is 2.13. The zero-order valence-corrected chi connectivity index (χ0v) is 21.5. The van der Waals surface area contributed by atoms with E-state index in [0.29, 0.717) is 24.5 Å². The third-order valence-electron chi connectivity index (χ3n) is 5.56. The summed E-state index contributed by atoms with van der Waals surface area (Å²) in [7, 11) is 1.45. The Hall–Kier alpha value is -3.06. The summed E-state index contributed by atoms with van der Waals surface area (Å²) in [6.07, 6.45) is 5.43. The molecular formula is C27H32FN3O2S. The average molecular weight is 482 g/mol. The second-order valence-corrected chi connectivity index (χ2v) is 9.52. The van der Waals surface area contributed by atoms with Crippen molar-refractivity contribution >= 4 is 23.4 Å². The summed E-state index contributed by atoms with van der Waals surface area (Å²) in [5.74, 6) is 0.338. The fourth-order valence-corrected chi connectivity index (χ4v) is 4.72. The van der Waals surface area contributed by atoms with Crippen LogP contribution in [-0.4, -0.2) is 16.7 Å². The third kappa shape index (κ3) is 6.08. The minimum Gasteiger partial charge on any atom is -0.490 e. The molecule has 180 valence electrons. The maximum atomic E-state index is 14.0. The smallest absolute Gasteiger partial charge is 0.316 e. The SMILES string of the molecule is CC/C=C(\C)Sc1cc(Nc2nc(=O)c(OC)cn2Cc2ccc(F)c(CC)c2)c(C)cc1C. The Morgan fingerprint density at radius 3 is 2.65 bits per heavy atom. The number of anilines is 2. The summed E-state index contributed by atoms with van der Waals surface area (Å²) >= 11 is 1.73. The van der Waals surface area contributed by atoms with Crippen LogP contribution in [0.1, 0.15) is 49.4 Å². The quantitative estimate of drug-likeness (QED) is 0.342. The number of aryl methyl sites for hydroxylation is 3. The van der Waals surface area contributed by atoms with Gasteiger partial charge in [-0.25, -0.2) is 4.39 Å². The van der Waals surface area contributed by atoms with E-state index in [1.807, 2.05) is 24.5 Å². The average Bonchev–Trinajstić information content (AvgIpc) is 2.80. The molecule has 0 saturated heterocycles. The van der Waals surface area contributed by atoms with Crippen molar-refractivity contribution in [1.29, 1.82) is 0 Å². The summed E-state index contributed by atoms with van der Waals surface area (Å²) in [6.45, 7) is 10.7. The zero-order chi connectivity index (χ0) is 24.8. The van der Waals surface area contributed by atoms with Gasteiger partial charge in [-0.2, -0.15) is 4.98 Å². The summed E-state index contributed by atoms with van der Waals surface area (Å²) in [5.41, 5.74) is 4.22. The molecule has 0 bridgehead atoms. The zero-order valence-electron chi connectivity index (χ0n) is 20.7. The summed E-state index contributed by atoms with van der Waals surface area (Å²) < 4.78 is 21.0. The standard InChI is InChI=1S/C27H32FN3O2S/c1-7-9-19(5)34-25-14-23(17(3)12-18(25)4)29-27-30-26(32)24(33-6)16-31(27)15-20-10-11-22(28)21(8-2)13-20/h9-14,16H,7-8,15H2,1-6H3,(H,29,30,32)/b19-9+. The second-order valence-electron chi connectivity index (χ2n) is 8.23. The number of methoxy groups -OCH3 is 1. The van der Waals surface area contributed by atoms with Crippen molar-refractivity contribution in [2.45, 2.75) is 58.9 Å². The number of hydrogen-bond donors (Lipinski definition) is 1. The first-order valence-electron chi connectivity index (χ1n) is 11.4. The lowest BCUT2D eigenvalue weighted by Gasteiger charge is -2.18. The molecule has 0 atom stereocenters. The molecule has 34 heavy (non-hydrogen) atoms. The van der Waals surface area contributed by atoms with Gasteiger partial charge in [0.25, 0.3) is 0 Å². The lowest BCUT2D eigenvalue weighted by Crippen LogP contribution is -2.19. The van der Waals surface area contributed by atoms with Crippen LogP contribution < -0.4 is 15.6 Å². The van der Waals surface area contributed by atoms with Crippen molar-refractivity contribution < 1.29 is 9.13 Å². The van der Waals surface area contributed by atoms with E-state index in [0.717, 1.165) is 28.1 Å². The predicted octanol–water partition coefficient (Wildman–Crippen LogP) is 6.77. The molecule has 5 nitrogen and oxygen atoms in total. The molecule has 0 amide bonds. The van der Waals surface area contributed by atoms with Gasteiger partial charge in [0.1, 0.15) is 5.82 Å². The minimum atomic E-state index is -0.448. The van der Waals surface area contributed by atoms with E-state index in [1.54, 1.807) is 24.0 Å². The number of ether oxygens (including phenoxy) is 1. The van der Waals surface area contributed by atoms with Crippen LogP contribution >= 0.6 is 11.8 Å². The monoisotopic (exact) mass is 481 g/mol. The molecule has 1 N–H and O–H groups in total. The number of aromatic nitrogens is 2. The van der Waals surface area contributed by atoms with Gasteiger partial charge in [0.05, 0.1) is 19.9 Å². The van der Waals surface area contributed by atoms with E-state index in [1.165, 1.54) is 23.6 Å². The van der Waals surface area contributed by atoms with Crippen LogP contribution in [0.2, 0.25) is 0 Å². The van der Waals surface area contributed by atoms with Crippen LogP contribution in [0.15, 0.2) is 57.2 Å². The lowest BCUT2D eigenvalue weighted by molar-refractivity contribution is 0.402. The van der Waals surface area contributed by atoms with Crippen molar-refractivity contribution in [1.82, 2.24) is 9.55 Å². The van der Waals surface area contributed by atoms with Gasteiger partial charge in [-0.3, -0.25) is 4.79 Å². The first-order chi connectivity index (χ1) is 16.2. The van der Waals surface area contributed by atoms with E-state index in [-0.39, 0.29) is 11.6 Å². The normalized spacial score (nSPS) is 11.6. The van der Waals surface area contributed by atoms with Gasteiger partial charge in [-0.15, -0.1) is 0 Å². The molecule has 1 aromatic heterocycles. The highest BCUT2D eigenvalue weighted by atomic mass is 32.2. The Balaban J connectivity index is 2.02. The van der Waals surface area contributed by atoms with Crippen molar-refractivity contribution in [2.24, 2.45) is 0 Å². The van der Waals surface area contributed by atoms with Gasteiger partial charge in [0.2, 0.25) is 11.7 Å². The lowest BCUT2D eigenvalue weighted by atomic mass is 10.1. The molecule has 1 heterocycles. The van der Waals surface area contributed by atoms with Crippen LogP contribution in [0.4, 0.5) is 16.0 Å². The number of hydrogen-bond acceptors (Lipinski definition) is 5. The molecule has 0 aliphatic heterocycles. The first-order valence-corrected chi connectivity index (χ1v) is 12.2. The Morgan fingerprint density at radius 2 is 1.97 bits per heavy atom. The largest absolute Gasteiger partial charge is 0.490 e. The van der Waals surface area contributed by atoms with Gasteiger partial charge in [-0.1, -0.05) is 49.9 Å². The fourth-order valence-electron chi connectivity index (χ4n) is 3.73. The van der Waals surface area contributed by atoms with Crippen LogP contribution in [0.5, 0.6) is 5.75 Å². The molecule has 7 heteroatoms. The van der Waals surface area contributed by atoms with Crippen molar-refractivity contribution in [3.8, 4) is 5.75 Å². The number of rotatable bonds is 9. The molecule has 2 aromatic carbocycles. The summed E-state index contributed by atoms with van der Waals surface area (Å²) in [6, 6.07) is 9.30. The fraction of sp³-hybridized carbons (Fsp3) is 0.333. The number of allylic oxidation sites excluding steroid dienone is 2. The Morgan fingerprint density at radius 1 is 1.21 bits per heavy atom. The van der Waals surface area contributed by atoms with Crippen molar-refractivity contribution in [3.05, 3.63) is 85.9 Å². The van der Waals surface area contributed by atoms with E-state index >= 15 is 0 Å². The molecule has 0 aliphatic rings. The molecule has 3 aromatic rings. The Bertz CT molecular complexity index is 1270. The summed E-state index contributed by atoms with van der Waals surface area (Å²) in [5, 5.41) is 3.36. The Labute approximate surface area is 205 Å². The molecule has 0 saturated carbocycles. The number of halogens is 1. The van der Waals surface area contributed by atoms with Crippen LogP contribution in [0.25, 0.3) is 0 Å². The molecular weight excluding hydrogens is 449 g/mol. The van der Waals surface area contributed by atoms with E-state index < -0.39 is 5.56 Å². The predicted molar refractivity (Wildman–Crippen MR) is 139 cm³/mol. The van der Waals surface area contributed by atoms with Crippen LogP contribution in [0, 0.1) is 19.7 Å². The third-order valence-corrected chi connectivity index (χ3v) is 6.71. The first kappa shape index (κ1) is 25.6. The van der Waals surface area contributed by atoms with Crippen molar-refractivity contribution in [3.63, 3.8) is 0 Å². The molecule has 0 fully saturated rings. The highest BCUT2D eigenvalue weighted by molar-refractivity contribution is 8.03. The maximum Gasteiger partial charge on any atom is 0.316 e. The number of benzene rings is 2.